The van der Waals surface area contributed by atoms with Gasteiger partial charge in [-0.2, -0.15) is 18.3 Å². The Morgan fingerprint density at radius 2 is 1.67 bits per heavy atom. The van der Waals surface area contributed by atoms with Gasteiger partial charge in [0.15, 0.2) is 0 Å². The molecule has 0 radical (unpaired) electrons. The highest BCUT2D eigenvalue weighted by Gasteiger charge is 2.35. The van der Waals surface area contributed by atoms with E-state index in [2.05, 4.69) is 5.32 Å². The van der Waals surface area contributed by atoms with Gasteiger partial charge < -0.3 is 11.1 Å². The third-order valence-electron chi connectivity index (χ3n) is 7.63. The Bertz CT molecular complexity index is 1670. The van der Waals surface area contributed by atoms with Gasteiger partial charge in [-0.1, -0.05) is 38.1 Å². The summed E-state index contributed by atoms with van der Waals surface area (Å²) in [5.74, 6) is -2.77. The Balaban J connectivity index is 1.67. The number of nitrogens with zero attached hydrogens (tertiary/aromatic N) is 3. The molecule has 0 saturated carbocycles. The summed E-state index contributed by atoms with van der Waals surface area (Å²) in [5.41, 5.74) is 7.33. The lowest BCUT2D eigenvalue weighted by Crippen LogP contribution is -2.31. The number of halogens is 6. The van der Waals surface area contributed by atoms with Crippen LogP contribution in [-0.4, -0.2) is 27.3 Å². The molecule has 3 aromatic carbocycles. The average Bonchev–Trinajstić information content (AvgIpc) is 3.32. The summed E-state index contributed by atoms with van der Waals surface area (Å²) in [7, 11) is 0. The molecule has 12 heteroatoms. The van der Waals surface area contributed by atoms with Gasteiger partial charge in [0.1, 0.15) is 17.5 Å². The second-order valence-corrected chi connectivity index (χ2v) is 10.4. The number of nitrogens with one attached hydrogen (secondary N) is 1. The third kappa shape index (κ3) is 5.96. The number of primary amides is 1. The van der Waals surface area contributed by atoms with Crippen LogP contribution < -0.4 is 11.1 Å². The largest absolute Gasteiger partial charge is 0.416 e. The molecular formula is C31H29F6N5O. The van der Waals surface area contributed by atoms with Crippen LogP contribution in [0, 0.1) is 17.5 Å². The monoisotopic (exact) mass is 601 g/mol. The van der Waals surface area contributed by atoms with Crippen molar-refractivity contribution in [3.63, 3.8) is 0 Å². The fraction of sp³-hybridized carbons (Fsp3) is 0.290. The van der Waals surface area contributed by atoms with E-state index in [4.69, 9.17) is 10.8 Å². The summed E-state index contributed by atoms with van der Waals surface area (Å²) in [6.07, 6.45) is -3.17. The molecule has 3 N–H and O–H groups in total. The molecule has 0 atom stereocenters. The number of rotatable bonds is 7. The van der Waals surface area contributed by atoms with Crippen LogP contribution in [0.4, 0.5) is 36.8 Å². The Morgan fingerprint density at radius 1 is 0.977 bits per heavy atom. The van der Waals surface area contributed by atoms with Crippen LogP contribution in [0.25, 0.3) is 16.9 Å². The highest BCUT2D eigenvalue weighted by molar-refractivity contribution is 5.88. The predicted molar refractivity (Wildman–Crippen MR) is 150 cm³/mol. The van der Waals surface area contributed by atoms with E-state index in [9.17, 15) is 22.4 Å². The van der Waals surface area contributed by atoms with E-state index in [1.165, 1.54) is 0 Å². The number of nitrogens with two attached hydrogens (primary N) is 1. The molecule has 6 nitrogen and oxygen atoms in total. The van der Waals surface area contributed by atoms with Crippen molar-refractivity contribution in [2.75, 3.05) is 11.9 Å². The number of aromatic nitrogens is 2. The number of hydrogen-bond donors (Lipinski definition) is 2. The van der Waals surface area contributed by atoms with E-state index in [1.807, 2.05) is 32.0 Å². The first-order chi connectivity index (χ1) is 20.4. The van der Waals surface area contributed by atoms with Crippen molar-refractivity contribution in [2.24, 2.45) is 5.73 Å². The highest BCUT2D eigenvalue weighted by atomic mass is 19.4. The number of amides is 2. The molecule has 43 heavy (non-hydrogen) atoms. The van der Waals surface area contributed by atoms with Crippen LogP contribution in [-0.2, 0) is 38.5 Å². The van der Waals surface area contributed by atoms with Gasteiger partial charge in [-0.05, 0) is 47.7 Å². The van der Waals surface area contributed by atoms with Gasteiger partial charge in [0.05, 0.1) is 28.3 Å². The summed E-state index contributed by atoms with van der Waals surface area (Å²) in [6, 6.07) is 9.06. The predicted octanol–water partition coefficient (Wildman–Crippen LogP) is 7.15. The minimum absolute atomic E-state index is 0.0808. The molecule has 0 unspecified atom stereocenters. The SMILES string of the molecule is CCc1cccc(CC)c1-n1nc2c(c1-c1cc(F)c(NC(N)=O)cc1F)CN(Cc1ccc(F)cc1C(F)(F)F)CC2. The van der Waals surface area contributed by atoms with Crippen LogP contribution in [0.1, 0.15) is 47.4 Å². The third-order valence-corrected chi connectivity index (χ3v) is 7.63. The van der Waals surface area contributed by atoms with E-state index in [0.29, 0.717) is 43.1 Å². The smallest absolute Gasteiger partial charge is 0.351 e. The van der Waals surface area contributed by atoms with Crippen molar-refractivity contribution in [1.82, 2.24) is 14.7 Å². The maximum Gasteiger partial charge on any atom is 0.416 e. The van der Waals surface area contributed by atoms with Gasteiger partial charge in [-0.25, -0.2) is 22.6 Å². The molecule has 5 rings (SSSR count). The molecule has 0 bridgehead atoms. The molecular weight excluding hydrogens is 572 g/mol. The molecule has 2 amide bonds. The standard InChI is InChI=1S/C31H29F6N5O/c1-3-17-6-5-7-18(4-2)28(17)42-29(21-13-25(34)27(14-24(21)33)39-30(38)43)22-16-41(11-10-26(22)40-42)15-19-8-9-20(32)12-23(19)31(35,36)37/h5-9,12-14H,3-4,10-11,15-16H2,1-2H3,(H3,38,39,43). The van der Waals surface area contributed by atoms with Crippen LogP contribution in [0.5, 0.6) is 0 Å². The first-order valence-corrected chi connectivity index (χ1v) is 13.8. The van der Waals surface area contributed by atoms with Gasteiger partial charge in [0.2, 0.25) is 0 Å². The summed E-state index contributed by atoms with van der Waals surface area (Å²) >= 11 is 0. The lowest BCUT2D eigenvalue weighted by molar-refractivity contribution is -0.138. The first kappa shape index (κ1) is 30.1. The maximum atomic E-state index is 15.8. The van der Waals surface area contributed by atoms with E-state index >= 15 is 8.78 Å². The Hall–Kier alpha value is -4.32. The summed E-state index contributed by atoms with van der Waals surface area (Å²) in [4.78, 5) is 13.1. The first-order valence-electron chi connectivity index (χ1n) is 13.8. The Labute approximate surface area is 244 Å². The van der Waals surface area contributed by atoms with Crippen molar-refractivity contribution in [2.45, 2.75) is 52.4 Å². The molecule has 0 aliphatic carbocycles. The average molecular weight is 602 g/mol. The number of carbonyl (C=O) groups excluding carboxylic acids is 1. The second-order valence-electron chi connectivity index (χ2n) is 10.4. The van der Waals surface area contributed by atoms with E-state index in [1.54, 1.807) is 9.58 Å². The molecule has 1 aromatic heterocycles. The summed E-state index contributed by atoms with van der Waals surface area (Å²) < 4.78 is 87.5. The topological polar surface area (TPSA) is 76.2 Å². The zero-order valence-electron chi connectivity index (χ0n) is 23.5. The Morgan fingerprint density at radius 3 is 2.30 bits per heavy atom. The molecule has 1 aliphatic heterocycles. The molecule has 1 aliphatic rings. The molecule has 0 fully saturated rings. The van der Waals surface area contributed by atoms with Crippen LogP contribution in [0.3, 0.4) is 0 Å². The minimum atomic E-state index is -4.75. The number of alkyl halides is 3. The fourth-order valence-electron chi connectivity index (χ4n) is 5.64. The molecule has 2 heterocycles. The number of urea groups is 1. The number of hydrogen-bond acceptors (Lipinski definition) is 3. The van der Waals surface area contributed by atoms with E-state index in [-0.39, 0.29) is 29.9 Å². The fourth-order valence-corrected chi connectivity index (χ4v) is 5.64. The van der Waals surface area contributed by atoms with Gasteiger partial charge in [0.25, 0.3) is 0 Å². The van der Waals surface area contributed by atoms with Crippen molar-refractivity contribution < 1.29 is 31.1 Å². The van der Waals surface area contributed by atoms with Crippen molar-refractivity contribution in [3.05, 3.63) is 99.5 Å². The van der Waals surface area contributed by atoms with Crippen molar-refractivity contribution in [1.29, 1.82) is 0 Å². The summed E-state index contributed by atoms with van der Waals surface area (Å²) in [5, 5.41) is 6.91. The highest BCUT2D eigenvalue weighted by Crippen LogP contribution is 2.39. The molecule has 0 saturated heterocycles. The maximum absolute atomic E-state index is 15.8. The van der Waals surface area contributed by atoms with Gasteiger partial charge >= 0.3 is 12.2 Å². The number of aryl methyl sites for hydroxylation is 2. The zero-order chi connectivity index (χ0) is 31.1. The Kier molecular flexibility index (Phi) is 8.24. The number of para-hydroxylation sites is 1. The molecule has 226 valence electrons. The van der Waals surface area contributed by atoms with Crippen LogP contribution in [0.15, 0.2) is 48.5 Å². The van der Waals surface area contributed by atoms with Gasteiger partial charge in [-0.15, -0.1) is 0 Å². The lowest BCUT2D eigenvalue weighted by Gasteiger charge is -2.28. The van der Waals surface area contributed by atoms with Crippen molar-refractivity contribution >= 4 is 11.7 Å². The van der Waals surface area contributed by atoms with Gasteiger partial charge in [-0.3, -0.25) is 4.90 Å². The number of anilines is 1. The molecule has 4 aromatic rings. The van der Waals surface area contributed by atoms with E-state index in [0.717, 1.165) is 41.1 Å². The quantitative estimate of drug-likeness (QED) is 0.221. The van der Waals surface area contributed by atoms with Crippen molar-refractivity contribution in [3.8, 4) is 16.9 Å². The minimum Gasteiger partial charge on any atom is -0.351 e. The number of benzene rings is 3. The normalized spacial score (nSPS) is 13.7. The van der Waals surface area contributed by atoms with E-state index < -0.39 is 40.9 Å². The van der Waals surface area contributed by atoms with Gasteiger partial charge in [0, 0.05) is 43.2 Å². The summed E-state index contributed by atoms with van der Waals surface area (Å²) in [6.45, 7) is 4.20. The van der Waals surface area contributed by atoms with Crippen LogP contribution >= 0.6 is 0 Å². The number of fused-ring (bicyclic) bond motifs is 1. The molecule has 0 spiro atoms. The van der Waals surface area contributed by atoms with Crippen LogP contribution in [0.2, 0.25) is 0 Å². The zero-order valence-corrected chi connectivity index (χ0v) is 23.5. The number of carbonyl (C=O) groups is 1. The lowest BCUT2D eigenvalue weighted by atomic mass is 9.97. The second kappa shape index (κ2) is 11.8.